The molecule has 2 bridgehead atoms. The van der Waals surface area contributed by atoms with Crippen molar-refractivity contribution in [1.82, 2.24) is 5.32 Å². The molecule has 30 heavy (non-hydrogen) atoms. The summed E-state index contributed by atoms with van der Waals surface area (Å²) in [5.41, 5.74) is 5.76. The molecule has 1 N–H and O–H groups in total. The van der Waals surface area contributed by atoms with E-state index < -0.39 is 0 Å². The molecule has 1 heterocycles. The summed E-state index contributed by atoms with van der Waals surface area (Å²) in [6.45, 7) is 0.696. The maximum absolute atomic E-state index is 12.4. The highest BCUT2D eigenvalue weighted by atomic mass is 32.1. The maximum Gasteiger partial charge on any atom is 0.220 e. The molecule has 1 amide bonds. The summed E-state index contributed by atoms with van der Waals surface area (Å²) in [6, 6.07) is 21.3. The zero-order chi connectivity index (χ0) is 20.5. The van der Waals surface area contributed by atoms with Crippen molar-refractivity contribution in [2.45, 2.75) is 37.5 Å². The highest BCUT2D eigenvalue weighted by Gasteiger charge is 2.42. The van der Waals surface area contributed by atoms with Gasteiger partial charge in [0.05, 0.1) is 4.88 Å². The van der Waals surface area contributed by atoms with Crippen molar-refractivity contribution in [3.8, 4) is 0 Å². The summed E-state index contributed by atoms with van der Waals surface area (Å²) in [5.74, 6) is 1.37. The fourth-order valence-corrected chi connectivity index (χ4v) is 5.96. The Labute approximate surface area is 181 Å². The average Bonchev–Trinajstić information content (AvgIpc) is 3.33. The van der Waals surface area contributed by atoms with Crippen LogP contribution in [0.2, 0.25) is 0 Å². The predicted molar refractivity (Wildman–Crippen MR) is 120 cm³/mol. The Kier molecular flexibility index (Phi) is 5.26. The molecule has 3 aliphatic rings. The summed E-state index contributed by atoms with van der Waals surface area (Å²) in [7, 11) is 0. The van der Waals surface area contributed by atoms with Gasteiger partial charge in [0.2, 0.25) is 5.91 Å². The molecule has 1 unspecified atom stereocenters. The van der Waals surface area contributed by atoms with Gasteiger partial charge < -0.3 is 5.32 Å². The third-order valence-electron chi connectivity index (χ3n) is 6.59. The summed E-state index contributed by atoms with van der Waals surface area (Å²) >= 11 is 1.46. The van der Waals surface area contributed by atoms with Gasteiger partial charge in [-0.2, -0.15) is 0 Å². The van der Waals surface area contributed by atoms with E-state index >= 15 is 0 Å². The van der Waals surface area contributed by atoms with Crippen LogP contribution in [0.25, 0.3) is 0 Å². The van der Waals surface area contributed by atoms with Gasteiger partial charge in [0, 0.05) is 31.2 Å². The monoisotopic (exact) mass is 415 g/mol. The second-order valence-corrected chi connectivity index (χ2v) is 9.29. The maximum atomic E-state index is 12.4. The summed E-state index contributed by atoms with van der Waals surface area (Å²) < 4.78 is 0. The number of carbonyl (C=O) groups excluding carboxylic acids is 2. The molecule has 0 saturated heterocycles. The van der Waals surface area contributed by atoms with Gasteiger partial charge in [-0.3, -0.25) is 9.59 Å². The first-order chi connectivity index (χ1) is 14.7. The second-order valence-electron chi connectivity index (χ2n) is 8.34. The van der Waals surface area contributed by atoms with Crippen LogP contribution in [0.1, 0.15) is 69.4 Å². The Balaban J connectivity index is 1.21. The molecule has 0 fully saturated rings. The molecular formula is C26H25NO2S. The number of amides is 1. The Hall–Kier alpha value is -2.72. The first-order valence-corrected chi connectivity index (χ1v) is 11.6. The predicted octanol–water partition coefficient (Wildman–Crippen LogP) is 5.51. The number of thiophene rings is 1. The summed E-state index contributed by atoms with van der Waals surface area (Å²) in [5, 5.41) is 5.07. The minimum atomic E-state index is 0.0528. The van der Waals surface area contributed by atoms with Crippen LogP contribution in [0.3, 0.4) is 0 Å². The second kappa shape index (κ2) is 8.19. The van der Waals surface area contributed by atoms with Gasteiger partial charge in [0.15, 0.2) is 5.78 Å². The molecule has 4 heteroatoms. The number of rotatable bonds is 7. The number of nitrogens with one attached hydrogen (secondary N) is 1. The van der Waals surface area contributed by atoms with Crippen LogP contribution in [0.15, 0.2) is 66.0 Å². The van der Waals surface area contributed by atoms with Crippen LogP contribution in [-0.2, 0) is 4.79 Å². The highest BCUT2D eigenvalue weighted by molar-refractivity contribution is 7.12. The van der Waals surface area contributed by atoms with Crippen molar-refractivity contribution in [3.63, 3.8) is 0 Å². The first kappa shape index (κ1) is 19.3. The Morgan fingerprint density at radius 1 is 0.867 bits per heavy atom. The number of ketones is 1. The average molecular weight is 416 g/mol. The number of hydrogen-bond acceptors (Lipinski definition) is 3. The summed E-state index contributed by atoms with van der Waals surface area (Å²) in [4.78, 5) is 25.3. The normalized spacial score (nSPS) is 21.0. The smallest absolute Gasteiger partial charge is 0.220 e. The van der Waals surface area contributed by atoms with Gasteiger partial charge in [-0.15, -0.1) is 11.3 Å². The van der Waals surface area contributed by atoms with Crippen LogP contribution < -0.4 is 5.32 Å². The van der Waals surface area contributed by atoms with Gasteiger partial charge in [-0.25, -0.2) is 0 Å². The Morgan fingerprint density at radius 2 is 1.53 bits per heavy atom. The van der Waals surface area contributed by atoms with E-state index in [0.717, 1.165) is 11.3 Å². The summed E-state index contributed by atoms with van der Waals surface area (Å²) in [6.07, 6.45) is 2.52. The van der Waals surface area contributed by atoms with Crippen molar-refractivity contribution in [2.75, 3.05) is 6.54 Å². The van der Waals surface area contributed by atoms with Crippen molar-refractivity contribution in [1.29, 1.82) is 0 Å². The van der Waals surface area contributed by atoms with Gasteiger partial charge in [-0.05, 0) is 52.5 Å². The Bertz CT molecular complexity index is 1020. The number of Topliss-reactive ketones (excluding diaryl/α,β-unsaturated/α-hetero) is 1. The molecule has 0 spiro atoms. The van der Waals surface area contributed by atoms with Gasteiger partial charge in [0.25, 0.3) is 0 Å². The molecule has 152 valence electrons. The van der Waals surface area contributed by atoms with Crippen LogP contribution >= 0.6 is 11.3 Å². The molecular weight excluding hydrogens is 390 g/mol. The number of benzene rings is 2. The van der Waals surface area contributed by atoms with Crippen molar-refractivity contribution >= 4 is 23.0 Å². The van der Waals surface area contributed by atoms with Crippen molar-refractivity contribution in [3.05, 3.63) is 93.2 Å². The zero-order valence-electron chi connectivity index (χ0n) is 16.8. The van der Waals surface area contributed by atoms with E-state index in [-0.39, 0.29) is 11.7 Å². The molecule has 3 nitrogen and oxygen atoms in total. The van der Waals surface area contributed by atoms with E-state index in [1.165, 1.54) is 33.6 Å². The Morgan fingerprint density at radius 3 is 2.17 bits per heavy atom. The quantitative estimate of drug-likeness (QED) is 0.517. The van der Waals surface area contributed by atoms with E-state index in [2.05, 4.69) is 53.8 Å². The van der Waals surface area contributed by atoms with Gasteiger partial charge in [-0.1, -0.05) is 54.6 Å². The lowest BCUT2D eigenvalue weighted by atomic mass is 9.59. The van der Waals surface area contributed by atoms with Crippen LogP contribution in [0.5, 0.6) is 0 Å². The molecule has 1 atom stereocenters. The van der Waals surface area contributed by atoms with E-state index in [1.807, 2.05) is 17.5 Å². The molecule has 0 aliphatic heterocycles. The lowest BCUT2D eigenvalue weighted by molar-refractivity contribution is -0.121. The highest BCUT2D eigenvalue weighted by Crippen LogP contribution is 2.55. The van der Waals surface area contributed by atoms with E-state index in [1.54, 1.807) is 0 Å². The molecule has 0 radical (unpaired) electrons. The molecule has 3 aliphatic carbocycles. The molecule has 6 rings (SSSR count). The molecule has 2 aromatic carbocycles. The SMILES string of the molecule is O=C(CCCC(=O)c1cccs1)NCC1CC2c3ccccc3C1c1ccccc12. The number of hydrogen-bond donors (Lipinski definition) is 1. The van der Waals surface area contributed by atoms with E-state index in [4.69, 9.17) is 0 Å². The fraction of sp³-hybridized carbons (Fsp3) is 0.308. The minimum Gasteiger partial charge on any atom is -0.356 e. The van der Waals surface area contributed by atoms with Gasteiger partial charge >= 0.3 is 0 Å². The van der Waals surface area contributed by atoms with E-state index in [0.29, 0.717) is 43.6 Å². The van der Waals surface area contributed by atoms with E-state index in [9.17, 15) is 9.59 Å². The standard InChI is InChI=1S/C26H25NO2S/c28-23(24-12-6-14-30-24)11-5-13-25(29)27-16-17-15-22-18-7-1-3-9-20(18)26(17)21-10-4-2-8-19(21)22/h1-4,6-10,12,14,17,22,26H,5,11,13,15-16H2,(H,27,29). The van der Waals surface area contributed by atoms with Crippen LogP contribution in [0, 0.1) is 5.92 Å². The van der Waals surface area contributed by atoms with Gasteiger partial charge in [0.1, 0.15) is 0 Å². The zero-order valence-corrected chi connectivity index (χ0v) is 17.7. The molecule has 1 aromatic heterocycles. The minimum absolute atomic E-state index is 0.0528. The van der Waals surface area contributed by atoms with Crippen LogP contribution in [0.4, 0.5) is 0 Å². The molecule has 3 aromatic rings. The first-order valence-electron chi connectivity index (χ1n) is 10.7. The largest absolute Gasteiger partial charge is 0.356 e. The third kappa shape index (κ3) is 3.50. The third-order valence-corrected chi connectivity index (χ3v) is 7.50. The number of fused-ring (bicyclic) bond motifs is 1. The molecule has 0 saturated carbocycles. The number of carbonyl (C=O) groups is 2. The van der Waals surface area contributed by atoms with Crippen molar-refractivity contribution < 1.29 is 9.59 Å². The van der Waals surface area contributed by atoms with Crippen LogP contribution in [-0.4, -0.2) is 18.2 Å². The lowest BCUT2D eigenvalue weighted by Crippen LogP contribution is -2.39. The fourth-order valence-electron chi connectivity index (χ4n) is 5.26. The lowest BCUT2D eigenvalue weighted by Gasteiger charge is -2.45. The van der Waals surface area contributed by atoms with Crippen molar-refractivity contribution in [2.24, 2.45) is 5.92 Å². The topological polar surface area (TPSA) is 46.2 Å².